The molecule has 0 bridgehead atoms. The topological polar surface area (TPSA) is 83.1 Å². The quantitative estimate of drug-likeness (QED) is 0.613. The highest BCUT2D eigenvalue weighted by Crippen LogP contribution is 2.30. The number of hydrogen-bond donors (Lipinski definition) is 0. The second kappa shape index (κ2) is 6.49. The van der Waals surface area contributed by atoms with E-state index in [0.717, 1.165) is 5.56 Å². The van der Waals surface area contributed by atoms with Gasteiger partial charge in [0.05, 0.1) is 4.92 Å². The summed E-state index contributed by atoms with van der Waals surface area (Å²) < 4.78 is 13.6. The molecule has 0 atom stereocenters. The minimum absolute atomic E-state index is 0.0555. The summed E-state index contributed by atoms with van der Waals surface area (Å²) in [5.41, 5.74) is 0.341. The zero-order chi connectivity index (χ0) is 16.3. The molecule has 0 radical (unpaired) electrons. The fraction of sp³-hybridized carbons (Fsp3) is 0.143. The first-order chi connectivity index (χ1) is 10.4. The van der Waals surface area contributed by atoms with Gasteiger partial charge in [-0.1, -0.05) is 22.0 Å². The Kier molecular flexibility index (Phi) is 4.68. The van der Waals surface area contributed by atoms with E-state index in [9.17, 15) is 14.5 Å². The average molecular weight is 365 g/mol. The van der Waals surface area contributed by atoms with Crippen molar-refractivity contribution in [3.63, 3.8) is 0 Å². The van der Waals surface area contributed by atoms with E-state index in [1.54, 1.807) is 19.2 Å². The summed E-state index contributed by atoms with van der Waals surface area (Å²) in [7, 11) is 1.62. The number of nitrogens with zero attached hydrogens (tertiary/aromatic N) is 4. The number of hydrogen-bond acceptors (Lipinski definition) is 5. The average Bonchev–Trinajstić information content (AvgIpc) is 2.48. The number of benzene rings is 1. The van der Waals surface area contributed by atoms with Crippen LogP contribution in [0.5, 0.6) is 0 Å². The molecule has 22 heavy (non-hydrogen) atoms. The largest absolute Gasteiger partial charge is 0.350 e. The Morgan fingerprint density at radius 2 is 2.23 bits per heavy atom. The van der Waals surface area contributed by atoms with Gasteiger partial charge >= 0.3 is 5.69 Å². The second-order valence-electron chi connectivity index (χ2n) is 4.49. The molecule has 112 valence electrons. The number of aromatic nitrogens is 1. The lowest BCUT2D eigenvalue weighted by molar-refractivity contribution is -0.384. The lowest BCUT2D eigenvalue weighted by Gasteiger charge is -2.19. The number of nitriles is 1. The zero-order valence-corrected chi connectivity index (χ0v) is 13.0. The van der Waals surface area contributed by atoms with Gasteiger partial charge in [-0.15, -0.1) is 0 Å². The summed E-state index contributed by atoms with van der Waals surface area (Å²) >= 11 is 3.25. The zero-order valence-electron chi connectivity index (χ0n) is 11.5. The van der Waals surface area contributed by atoms with Crippen molar-refractivity contribution in [3.8, 4) is 6.07 Å². The standard InChI is InChI=1S/C14H10BrFN4O2/c1-19(8-10-2-3-11(16)6-12(10)15)14-13(20(21)22)9(7-17)4-5-18-14/h2-6H,8H2,1H3. The molecule has 0 aliphatic heterocycles. The van der Waals surface area contributed by atoms with E-state index in [4.69, 9.17) is 5.26 Å². The van der Waals surface area contributed by atoms with E-state index in [-0.39, 0.29) is 29.4 Å². The normalized spacial score (nSPS) is 10.1. The summed E-state index contributed by atoms with van der Waals surface area (Å²) in [5, 5.41) is 20.2. The van der Waals surface area contributed by atoms with Crippen LogP contribution in [0, 0.1) is 27.3 Å². The van der Waals surface area contributed by atoms with Crippen molar-refractivity contribution in [2.75, 3.05) is 11.9 Å². The third-order valence-corrected chi connectivity index (χ3v) is 3.73. The molecular formula is C14H10BrFN4O2. The number of anilines is 1. The van der Waals surface area contributed by atoms with E-state index >= 15 is 0 Å². The Morgan fingerprint density at radius 3 is 2.82 bits per heavy atom. The Bertz CT molecular complexity index is 776. The van der Waals surface area contributed by atoms with Crippen LogP contribution in [-0.4, -0.2) is 17.0 Å². The van der Waals surface area contributed by atoms with Crippen LogP contribution in [-0.2, 0) is 6.54 Å². The molecular weight excluding hydrogens is 355 g/mol. The summed E-state index contributed by atoms with van der Waals surface area (Å²) in [6, 6.07) is 7.29. The highest BCUT2D eigenvalue weighted by Gasteiger charge is 2.24. The van der Waals surface area contributed by atoms with Crippen molar-refractivity contribution in [3.05, 3.63) is 62.0 Å². The fourth-order valence-electron chi connectivity index (χ4n) is 1.97. The van der Waals surface area contributed by atoms with Crippen LogP contribution in [0.2, 0.25) is 0 Å². The second-order valence-corrected chi connectivity index (χ2v) is 5.35. The number of pyridine rings is 1. The molecule has 1 aromatic heterocycles. The van der Waals surface area contributed by atoms with E-state index < -0.39 is 4.92 Å². The third-order valence-electron chi connectivity index (χ3n) is 2.99. The van der Waals surface area contributed by atoms with E-state index in [2.05, 4.69) is 20.9 Å². The van der Waals surface area contributed by atoms with Crippen LogP contribution < -0.4 is 4.90 Å². The number of nitro groups is 1. The van der Waals surface area contributed by atoms with Gasteiger partial charge in [0.25, 0.3) is 0 Å². The van der Waals surface area contributed by atoms with Crippen LogP contribution >= 0.6 is 15.9 Å². The molecule has 0 spiro atoms. The predicted octanol–water partition coefficient (Wildman–Crippen LogP) is 3.40. The molecule has 1 heterocycles. The predicted molar refractivity (Wildman–Crippen MR) is 81.8 cm³/mol. The molecule has 0 fully saturated rings. The third kappa shape index (κ3) is 3.20. The smallest absolute Gasteiger partial charge is 0.329 e. The molecule has 8 heteroatoms. The van der Waals surface area contributed by atoms with Gasteiger partial charge in [-0.05, 0) is 23.8 Å². The fourth-order valence-corrected chi connectivity index (χ4v) is 2.45. The molecule has 0 aliphatic rings. The van der Waals surface area contributed by atoms with E-state index in [1.165, 1.54) is 29.3 Å². The van der Waals surface area contributed by atoms with Gasteiger partial charge in [-0.3, -0.25) is 10.1 Å². The maximum atomic E-state index is 13.1. The van der Waals surface area contributed by atoms with E-state index in [1.807, 2.05) is 0 Å². The van der Waals surface area contributed by atoms with Crippen LogP contribution in [0.1, 0.15) is 11.1 Å². The molecule has 0 saturated carbocycles. The van der Waals surface area contributed by atoms with Crippen LogP contribution in [0.15, 0.2) is 34.9 Å². The SMILES string of the molecule is CN(Cc1ccc(F)cc1Br)c1nccc(C#N)c1[N+](=O)[O-]. The maximum absolute atomic E-state index is 13.1. The Balaban J connectivity index is 2.40. The van der Waals surface area contributed by atoms with Gasteiger partial charge in [0, 0.05) is 24.3 Å². The molecule has 2 aromatic rings. The molecule has 6 nitrogen and oxygen atoms in total. The summed E-state index contributed by atoms with van der Waals surface area (Å²) in [4.78, 5) is 16.1. The molecule has 1 aromatic carbocycles. The van der Waals surface area contributed by atoms with Crippen molar-refractivity contribution in [2.45, 2.75) is 6.54 Å². The van der Waals surface area contributed by atoms with Gasteiger partial charge < -0.3 is 4.90 Å². The summed E-state index contributed by atoms with van der Waals surface area (Å²) in [5.74, 6) is -0.297. The minimum Gasteiger partial charge on any atom is -0.350 e. The summed E-state index contributed by atoms with van der Waals surface area (Å²) in [6.45, 7) is 0.267. The highest BCUT2D eigenvalue weighted by molar-refractivity contribution is 9.10. The van der Waals surface area contributed by atoms with Crippen molar-refractivity contribution in [1.82, 2.24) is 4.98 Å². The molecule has 0 saturated heterocycles. The minimum atomic E-state index is -0.628. The molecule has 0 N–H and O–H groups in total. The lowest BCUT2D eigenvalue weighted by atomic mass is 10.2. The maximum Gasteiger partial charge on any atom is 0.329 e. The monoisotopic (exact) mass is 364 g/mol. The molecule has 0 amide bonds. The first-order valence-corrected chi connectivity index (χ1v) is 6.92. The van der Waals surface area contributed by atoms with Crippen LogP contribution in [0.3, 0.4) is 0 Å². The van der Waals surface area contributed by atoms with Gasteiger partial charge in [0.2, 0.25) is 5.82 Å². The van der Waals surface area contributed by atoms with Gasteiger partial charge in [-0.2, -0.15) is 5.26 Å². The van der Waals surface area contributed by atoms with Crippen molar-refractivity contribution in [1.29, 1.82) is 5.26 Å². The van der Waals surface area contributed by atoms with Crippen molar-refractivity contribution < 1.29 is 9.31 Å². The first kappa shape index (κ1) is 15.9. The summed E-state index contributed by atoms with van der Waals surface area (Å²) in [6.07, 6.45) is 1.34. The Hall–Kier alpha value is -2.53. The highest BCUT2D eigenvalue weighted by atomic mass is 79.9. The van der Waals surface area contributed by atoms with Crippen LogP contribution in [0.25, 0.3) is 0 Å². The van der Waals surface area contributed by atoms with Gasteiger partial charge in [0.1, 0.15) is 17.4 Å². The molecule has 2 rings (SSSR count). The lowest BCUT2D eigenvalue weighted by Crippen LogP contribution is -2.19. The van der Waals surface area contributed by atoms with Crippen LogP contribution in [0.4, 0.5) is 15.9 Å². The number of halogens is 2. The van der Waals surface area contributed by atoms with E-state index in [0.29, 0.717) is 4.47 Å². The van der Waals surface area contributed by atoms with Gasteiger partial charge in [-0.25, -0.2) is 9.37 Å². The molecule has 0 unspecified atom stereocenters. The van der Waals surface area contributed by atoms with Crippen molar-refractivity contribution >= 4 is 27.4 Å². The number of rotatable bonds is 4. The van der Waals surface area contributed by atoms with Gasteiger partial charge in [0.15, 0.2) is 0 Å². The Labute approximate surface area is 134 Å². The first-order valence-electron chi connectivity index (χ1n) is 6.12. The Morgan fingerprint density at radius 1 is 1.50 bits per heavy atom. The van der Waals surface area contributed by atoms with Crippen molar-refractivity contribution in [2.24, 2.45) is 0 Å². The molecule has 0 aliphatic carbocycles.